The minimum absolute atomic E-state index is 0.0126. The van der Waals surface area contributed by atoms with Crippen molar-refractivity contribution in [3.05, 3.63) is 52.9 Å². The van der Waals surface area contributed by atoms with E-state index in [4.69, 9.17) is 14.2 Å². The molecule has 174 valence electrons. The number of nitrogens with one attached hydrogen (secondary N) is 2. The molecule has 3 rings (SSSR count). The fourth-order valence-electron chi connectivity index (χ4n) is 3.23. The van der Waals surface area contributed by atoms with Crippen LogP contribution in [0.25, 0.3) is 11.3 Å². The van der Waals surface area contributed by atoms with Gasteiger partial charge in [0.25, 0.3) is 5.91 Å². The predicted octanol–water partition coefficient (Wildman–Crippen LogP) is 4.16. The minimum Gasteiger partial charge on any atom is -0.496 e. The van der Waals surface area contributed by atoms with Crippen LogP contribution in [0.4, 0.5) is 5.13 Å². The van der Waals surface area contributed by atoms with Crippen LogP contribution in [-0.4, -0.2) is 44.7 Å². The predicted molar refractivity (Wildman–Crippen MR) is 129 cm³/mol. The van der Waals surface area contributed by atoms with E-state index in [1.807, 2.05) is 17.5 Å². The zero-order chi connectivity index (χ0) is 23.8. The first kappa shape index (κ1) is 24.1. The molecule has 0 aliphatic rings. The highest BCUT2D eigenvalue weighted by Crippen LogP contribution is 2.35. The van der Waals surface area contributed by atoms with Gasteiger partial charge >= 0.3 is 0 Å². The Morgan fingerprint density at radius 3 is 2.27 bits per heavy atom. The molecule has 0 unspecified atom stereocenters. The number of hydrogen-bond acceptors (Lipinski definition) is 7. The topological polar surface area (TPSA) is 98.8 Å². The number of aromatic nitrogens is 1. The highest BCUT2D eigenvalue weighted by Gasteiger charge is 2.19. The van der Waals surface area contributed by atoms with Crippen molar-refractivity contribution in [2.24, 2.45) is 0 Å². The molecule has 3 aromatic rings. The van der Waals surface area contributed by atoms with E-state index in [1.54, 1.807) is 12.1 Å². The molecule has 2 amide bonds. The highest BCUT2D eigenvalue weighted by molar-refractivity contribution is 7.14. The summed E-state index contributed by atoms with van der Waals surface area (Å²) >= 11 is 1.34. The van der Waals surface area contributed by atoms with E-state index >= 15 is 0 Å². The Balaban J connectivity index is 1.67. The molecule has 9 heteroatoms. The van der Waals surface area contributed by atoms with Crippen molar-refractivity contribution in [1.82, 2.24) is 10.3 Å². The fourth-order valence-corrected chi connectivity index (χ4v) is 3.95. The summed E-state index contributed by atoms with van der Waals surface area (Å²) in [5.74, 6) is 0.905. The lowest BCUT2D eigenvalue weighted by Gasteiger charge is -2.13. The lowest BCUT2D eigenvalue weighted by Crippen LogP contribution is -2.21. The summed E-state index contributed by atoms with van der Waals surface area (Å²) in [4.78, 5) is 28.3. The van der Waals surface area contributed by atoms with Crippen molar-refractivity contribution >= 4 is 28.3 Å². The van der Waals surface area contributed by atoms with Crippen molar-refractivity contribution in [2.75, 3.05) is 33.2 Å². The van der Waals surface area contributed by atoms with Gasteiger partial charge in [0.2, 0.25) is 5.91 Å². The first-order valence-electron chi connectivity index (χ1n) is 10.4. The number of hydrogen-bond donors (Lipinski definition) is 2. The van der Waals surface area contributed by atoms with E-state index in [0.29, 0.717) is 34.5 Å². The van der Waals surface area contributed by atoms with Crippen LogP contribution in [-0.2, 0) is 11.2 Å². The summed E-state index contributed by atoms with van der Waals surface area (Å²) in [6, 6.07) is 11.3. The normalized spacial score (nSPS) is 10.4. The van der Waals surface area contributed by atoms with Crippen LogP contribution in [0.3, 0.4) is 0 Å². The average molecular weight is 470 g/mol. The molecule has 2 aromatic carbocycles. The van der Waals surface area contributed by atoms with Gasteiger partial charge in [0.1, 0.15) is 5.75 Å². The molecule has 0 spiro atoms. The number of anilines is 1. The first-order chi connectivity index (χ1) is 15.9. The molecular weight excluding hydrogens is 442 g/mol. The molecule has 2 N–H and O–H groups in total. The van der Waals surface area contributed by atoms with Gasteiger partial charge in [-0.15, -0.1) is 11.3 Å². The number of carbonyl (C=O) groups excluding carboxylic acids is 2. The Kier molecular flexibility index (Phi) is 8.26. The lowest BCUT2D eigenvalue weighted by molar-refractivity contribution is -0.118. The van der Waals surface area contributed by atoms with Gasteiger partial charge in [-0.1, -0.05) is 24.3 Å². The van der Waals surface area contributed by atoms with Crippen LogP contribution in [0, 0.1) is 0 Å². The van der Waals surface area contributed by atoms with Crippen LogP contribution in [0.2, 0.25) is 0 Å². The molecule has 0 aliphatic heterocycles. The van der Waals surface area contributed by atoms with Gasteiger partial charge in [-0.25, -0.2) is 4.98 Å². The summed E-state index contributed by atoms with van der Waals surface area (Å²) in [5.41, 5.74) is 3.24. The van der Waals surface area contributed by atoms with E-state index < -0.39 is 0 Å². The molecule has 0 atom stereocenters. The number of benzene rings is 2. The molecule has 0 saturated heterocycles. The quantitative estimate of drug-likeness (QED) is 0.433. The molecule has 0 fully saturated rings. The number of methoxy groups -OCH3 is 3. The number of carbonyl (C=O) groups is 2. The molecule has 0 saturated carbocycles. The van der Waals surface area contributed by atoms with Gasteiger partial charge in [0, 0.05) is 36.5 Å². The Morgan fingerprint density at radius 2 is 1.64 bits per heavy atom. The van der Waals surface area contributed by atoms with Gasteiger partial charge in [-0.05, 0) is 18.4 Å². The smallest absolute Gasteiger partial charge is 0.261 e. The Bertz CT molecular complexity index is 1110. The number of aryl methyl sites for hydroxylation is 1. The largest absolute Gasteiger partial charge is 0.496 e. The number of ether oxygens (including phenoxy) is 3. The van der Waals surface area contributed by atoms with E-state index in [-0.39, 0.29) is 11.8 Å². The highest BCUT2D eigenvalue weighted by atomic mass is 32.1. The summed E-state index contributed by atoms with van der Waals surface area (Å²) in [6.45, 7) is 2.18. The van der Waals surface area contributed by atoms with E-state index in [1.165, 1.54) is 45.2 Å². The molecule has 0 radical (unpaired) electrons. The van der Waals surface area contributed by atoms with Gasteiger partial charge in [-0.2, -0.15) is 0 Å². The Labute approximate surface area is 196 Å². The summed E-state index contributed by atoms with van der Waals surface area (Å²) in [6.07, 6.45) is 1.76. The van der Waals surface area contributed by atoms with Crippen molar-refractivity contribution in [2.45, 2.75) is 19.8 Å². The lowest BCUT2D eigenvalue weighted by atomic mass is 10.1. The van der Waals surface area contributed by atoms with E-state index in [2.05, 4.69) is 27.8 Å². The third kappa shape index (κ3) is 6.23. The molecule has 8 nitrogen and oxygen atoms in total. The fraction of sp³-hybridized carbons (Fsp3) is 0.292. The van der Waals surface area contributed by atoms with Crippen LogP contribution >= 0.6 is 11.3 Å². The third-order valence-electron chi connectivity index (χ3n) is 4.94. The maximum absolute atomic E-state index is 12.9. The van der Waals surface area contributed by atoms with Gasteiger partial charge < -0.3 is 19.5 Å². The van der Waals surface area contributed by atoms with E-state index in [0.717, 1.165) is 24.1 Å². The number of nitrogens with zero attached hydrogens (tertiary/aromatic N) is 1. The van der Waals surface area contributed by atoms with Crippen molar-refractivity contribution in [3.8, 4) is 28.5 Å². The van der Waals surface area contributed by atoms with Crippen LogP contribution in [0.1, 0.15) is 29.3 Å². The van der Waals surface area contributed by atoms with Crippen LogP contribution < -0.4 is 24.8 Å². The van der Waals surface area contributed by atoms with Crippen molar-refractivity contribution in [1.29, 1.82) is 0 Å². The monoisotopic (exact) mass is 469 g/mol. The number of thiazole rings is 1. The molecule has 1 aromatic heterocycles. The summed E-state index contributed by atoms with van der Waals surface area (Å²) in [7, 11) is 4.52. The Hall–Kier alpha value is -3.59. The number of amides is 2. The van der Waals surface area contributed by atoms with Gasteiger partial charge in [0.15, 0.2) is 16.6 Å². The van der Waals surface area contributed by atoms with E-state index in [9.17, 15) is 9.59 Å². The second-order valence-corrected chi connectivity index (χ2v) is 8.04. The maximum atomic E-state index is 12.9. The minimum atomic E-state index is -0.358. The SMILES string of the molecule is COc1cc(OC)c(C(=O)Nc2nc(-c3ccc(CCCNC(C)=O)cc3)cs2)cc1OC. The third-order valence-corrected chi connectivity index (χ3v) is 5.70. The molecule has 0 aliphatic carbocycles. The average Bonchev–Trinajstić information content (AvgIpc) is 3.29. The second-order valence-electron chi connectivity index (χ2n) is 7.18. The molecule has 33 heavy (non-hydrogen) atoms. The first-order valence-corrected chi connectivity index (χ1v) is 11.2. The van der Waals surface area contributed by atoms with Crippen LogP contribution in [0.5, 0.6) is 17.2 Å². The summed E-state index contributed by atoms with van der Waals surface area (Å²) in [5, 5.41) is 8.00. The molecular formula is C24H27N3O5S. The maximum Gasteiger partial charge on any atom is 0.261 e. The Morgan fingerprint density at radius 1 is 0.970 bits per heavy atom. The molecule has 1 heterocycles. The molecule has 0 bridgehead atoms. The standard InChI is InChI=1S/C24H27N3O5S/c1-15(28)25-11-5-6-16-7-9-17(10-8-16)19-14-33-24(26-19)27-23(29)18-12-21(31-3)22(32-4)13-20(18)30-2/h7-10,12-14H,5-6,11H2,1-4H3,(H,25,28)(H,26,27,29). The zero-order valence-electron chi connectivity index (χ0n) is 19.1. The van der Waals surface area contributed by atoms with Gasteiger partial charge in [-0.3, -0.25) is 14.9 Å². The van der Waals surface area contributed by atoms with Crippen molar-refractivity contribution in [3.63, 3.8) is 0 Å². The zero-order valence-corrected chi connectivity index (χ0v) is 19.9. The second kappa shape index (κ2) is 11.3. The van der Waals surface area contributed by atoms with Gasteiger partial charge in [0.05, 0.1) is 32.6 Å². The summed E-state index contributed by atoms with van der Waals surface area (Å²) < 4.78 is 15.9. The number of rotatable bonds is 10. The van der Waals surface area contributed by atoms with Crippen molar-refractivity contribution < 1.29 is 23.8 Å². The van der Waals surface area contributed by atoms with Crippen LogP contribution in [0.15, 0.2) is 41.8 Å².